The highest BCUT2D eigenvalue weighted by Crippen LogP contribution is 2.28. The van der Waals surface area contributed by atoms with Crippen LogP contribution < -0.4 is 5.43 Å². The number of benzene rings is 1. The molecule has 3 rings (SSSR count). The fraction of sp³-hybridized carbons (Fsp3) is 0.250. The van der Waals surface area contributed by atoms with Crippen LogP contribution in [0.5, 0.6) is 0 Å². The van der Waals surface area contributed by atoms with Crippen LogP contribution >= 0.6 is 15.9 Å². The predicted molar refractivity (Wildman–Crippen MR) is 94.3 cm³/mol. The first-order chi connectivity index (χ1) is 11.4. The Hall–Kier alpha value is -1.93. The van der Waals surface area contributed by atoms with E-state index in [-0.39, 0.29) is 17.4 Å². The molecule has 2 heterocycles. The number of furan rings is 1. The summed E-state index contributed by atoms with van der Waals surface area (Å²) in [6.45, 7) is 0. The van der Waals surface area contributed by atoms with Crippen LogP contribution in [0.25, 0.3) is 11.3 Å². The molecule has 1 aromatic carbocycles. The monoisotopic (exact) mass is 410 g/mol. The Bertz CT molecular complexity index is 889. The maximum Gasteiger partial charge on any atom is 0.244 e. The van der Waals surface area contributed by atoms with Gasteiger partial charge in [-0.3, -0.25) is 4.79 Å². The lowest BCUT2D eigenvalue weighted by Crippen LogP contribution is -2.27. The van der Waals surface area contributed by atoms with Gasteiger partial charge in [0.2, 0.25) is 5.91 Å². The van der Waals surface area contributed by atoms with Crippen LogP contribution in [-0.2, 0) is 14.6 Å². The zero-order chi connectivity index (χ0) is 17.2. The number of hydrogen-bond acceptors (Lipinski definition) is 5. The number of hydrogen-bond donors (Lipinski definition) is 1. The number of rotatable bonds is 4. The molecule has 0 saturated carbocycles. The molecule has 0 bridgehead atoms. The minimum absolute atomic E-state index is 0.0578. The molecule has 0 radical (unpaired) electrons. The molecular weight excluding hydrogens is 396 g/mol. The normalized spacial score (nSPS) is 19.6. The Labute approximate surface area is 148 Å². The van der Waals surface area contributed by atoms with Crippen molar-refractivity contribution in [2.45, 2.75) is 6.42 Å². The number of carbonyl (C=O) groups excluding carboxylic acids is 1. The van der Waals surface area contributed by atoms with Crippen molar-refractivity contribution in [2.24, 2.45) is 11.0 Å². The standard InChI is InChI=1S/C16H15BrN2O4S/c17-14-4-2-1-3-13(14)15-6-5-12(23-15)9-18-19-16(20)11-7-8-24(21,22)10-11/h1-6,9,11H,7-8,10H2,(H,19,20)/b18-9-/t11-/m1/s1. The van der Waals surface area contributed by atoms with Crippen molar-refractivity contribution in [2.75, 3.05) is 11.5 Å². The van der Waals surface area contributed by atoms with Crippen LogP contribution in [0.15, 0.2) is 50.4 Å². The van der Waals surface area contributed by atoms with Gasteiger partial charge in [-0.2, -0.15) is 5.10 Å². The first-order valence-electron chi connectivity index (χ1n) is 7.33. The van der Waals surface area contributed by atoms with Crippen LogP contribution in [-0.4, -0.2) is 32.0 Å². The lowest BCUT2D eigenvalue weighted by Gasteiger charge is -2.04. The Kier molecular flexibility index (Phi) is 4.86. The van der Waals surface area contributed by atoms with E-state index < -0.39 is 15.8 Å². The van der Waals surface area contributed by atoms with Crippen molar-refractivity contribution in [3.8, 4) is 11.3 Å². The average Bonchev–Trinajstić information content (AvgIpc) is 3.14. The van der Waals surface area contributed by atoms with Gasteiger partial charge in [-0.15, -0.1) is 0 Å². The summed E-state index contributed by atoms with van der Waals surface area (Å²) in [7, 11) is -3.08. The molecule has 1 aliphatic heterocycles. The van der Waals surface area contributed by atoms with Gasteiger partial charge in [0.25, 0.3) is 0 Å². The smallest absolute Gasteiger partial charge is 0.244 e. The Morgan fingerprint density at radius 3 is 2.79 bits per heavy atom. The van der Waals surface area contributed by atoms with E-state index in [0.717, 1.165) is 10.0 Å². The second-order valence-corrected chi connectivity index (χ2v) is 8.60. The molecule has 24 heavy (non-hydrogen) atoms. The van der Waals surface area contributed by atoms with E-state index in [2.05, 4.69) is 26.5 Å². The minimum Gasteiger partial charge on any atom is -0.455 e. The zero-order valence-electron chi connectivity index (χ0n) is 12.6. The van der Waals surface area contributed by atoms with E-state index in [0.29, 0.717) is 17.9 Å². The maximum atomic E-state index is 11.9. The largest absolute Gasteiger partial charge is 0.455 e. The molecule has 0 unspecified atom stereocenters. The number of halogens is 1. The van der Waals surface area contributed by atoms with E-state index in [9.17, 15) is 13.2 Å². The van der Waals surface area contributed by atoms with E-state index >= 15 is 0 Å². The molecule has 6 nitrogen and oxygen atoms in total. The third kappa shape index (κ3) is 3.93. The van der Waals surface area contributed by atoms with Crippen LogP contribution in [0.1, 0.15) is 12.2 Å². The molecule has 1 N–H and O–H groups in total. The highest BCUT2D eigenvalue weighted by atomic mass is 79.9. The summed E-state index contributed by atoms with van der Waals surface area (Å²) in [5, 5.41) is 3.84. The van der Waals surface area contributed by atoms with Gasteiger partial charge in [0.05, 0.1) is 23.6 Å². The zero-order valence-corrected chi connectivity index (χ0v) is 15.0. The molecule has 2 aromatic rings. The van der Waals surface area contributed by atoms with Gasteiger partial charge in [0.15, 0.2) is 9.84 Å². The number of amides is 1. The van der Waals surface area contributed by atoms with E-state index in [1.54, 1.807) is 6.07 Å². The second kappa shape index (κ2) is 6.90. The number of nitrogens with one attached hydrogen (secondary N) is 1. The van der Waals surface area contributed by atoms with Crippen molar-refractivity contribution < 1.29 is 17.6 Å². The quantitative estimate of drug-likeness (QED) is 0.619. The van der Waals surface area contributed by atoms with Gasteiger partial charge in [0.1, 0.15) is 11.5 Å². The Balaban J connectivity index is 1.62. The van der Waals surface area contributed by atoms with Crippen LogP contribution in [0, 0.1) is 5.92 Å². The molecule has 1 atom stereocenters. The van der Waals surface area contributed by atoms with Crippen molar-refractivity contribution >= 4 is 37.9 Å². The highest BCUT2D eigenvalue weighted by molar-refractivity contribution is 9.10. The molecule has 1 aromatic heterocycles. The van der Waals surface area contributed by atoms with Crippen molar-refractivity contribution in [1.82, 2.24) is 5.43 Å². The predicted octanol–water partition coefficient (Wildman–Crippen LogP) is 2.59. The third-order valence-corrected chi connectivity index (χ3v) is 6.20. The molecule has 1 aliphatic rings. The Morgan fingerprint density at radius 1 is 1.29 bits per heavy atom. The fourth-order valence-electron chi connectivity index (χ4n) is 2.48. The molecule has 8 heteroatoms. The summed E-state index contributed by atoms with van der Waals surface area (Å²) < 4.78 is 29.3. The van der Waals surface area contributed by atoms with Crippen LogP contribution in [0.2, 0.25) is 0 Å². The van der Waals surface area contributed by atoms with Crippen LogP contribution in [0.4, 0.5) is 0 Å². The Morgan fingerprint density at radius 2 is 2.08 bits per heavy atom. The molecular formula is C16H15BrN2O4S. The topological polar surface area (TPSA) is 88.7 Å². The summed E-state index contributed by atoms with van der Waals surface area (Å²) in [4.78, 5) is 11.9. The van der Waals surface area contributed by atoms with Gasteiger partial charge in [-0.25, -0.2) is 13.8 Å². The van der Waals surface area contributed by atoms with Crippen molar-refractivity contribution in [3.05, 3.63) is 46.6 Å². The van der Waals surface area contributed by atoms with Gasteiger partial charge < -0.3 is 4.42 Å². The maximum absolute atomic E-state index is 11.9. The number of nitrogens with zero attached hydrogens (tertiary/aromatic N) is 1. The number of hydrazone groups is 1. The van der Waals surface area contributed by atoms with E-state index in [1.165, 1.54) is 6.21 Å². The third-order valence-electron chi connectivity index (χ3n) is 3.74. The molecule has 0 aliphatic carbocycles. The van der Waals surface area contributed by atoms with Crippen LogP contribution in [0.3, 0.4) is 0 Å². The first kappa shape index (κ1) is 16.9. The first-order valence-corrected chi connectivity index (χ1v) is 9.94. The number of carbonyl (C=O) groups is 1. The summed E-state index contributed by atoms with van der Waals surface area (Å²) in [6, 6.07) is 11.2. The van der Waals surface area contributed by atoms with E-state index in [1.807, 2.05) is 30.3 Å². The summed E-state index contributed by atoms with van der Waals surface area (Å²) in [5.74, 6) is 0.200. The summed E-state index contributed by atoms with van der Waals surface area (Å²) in [6.07, 6.45) is 1.73. The van der Waals surface area contributed by atoms with Crippen molar-refractivity contribution in [1.29, 1.82) is 0 Å². The second-order valence-electron chi connectivity index (χ2n) is 5.52. The van der Waals surface area contributed by atoms with Gasteiger partial charge in [-0.05, 0) is 24.6 Å². The average molecular weight is 411 g/mol. The fourth-order valence-corrected chi connectivity index (χ4v) is 4.70. The summed E-state index contributed by atoms with van der Waals surface area (Å²) >= 11 is 3.46. The lowest BCUT2D eigenvalue weighted by atomic mass is 10.1. The van der Waals surface area contributed by atoms with Gasteiger partial charge in [0, 0.05) is 10.0 Å². The van der Waals surface area contributed by atoms with Gasteiger partial charge >= 0.3 is 0 Å². The van der Waals surface area contributed by atoms with Crippen molar-refractivity contribution in [3.63, 3.8) is 0 Å². The van der Waals surface area contributed by atoms with E-state index in [4.69, 9.17) is 4.42 Å². The van der Waals surface area contributed by atoms with Gasteiger partial charge in [-0.1, -0.05) is 34.1 Å². The lowest BCUT2D eigenvalue weighted by molar-refractivity contribution is -0.124. The minimum atomic E-state index is -3.08. The molecule has 126 valence electrons. The molecule has 0 spiro atoms. The number of sulfone groups is 1. The molecule has 1 amide bonds. The highest BCUT2D eigenvalue weighted by Gasteiger charge is 2.32. The molecule has 1 saturated heterocycles. The SMILES string of the molecule is O=C(N/N=C\c1ccc(-c2ccccc2Br)o1)[C@@H]1CCS(=O)(=O)C1. The summed E-state index contributed by atoms with van der Waals surface area (Å²) in [5.41, 5.74) is 3.28. The molecule has 1 fully saturated rings.